The van der Waals surface area contributed by atoms with Gasteiger partial charge in [-0.1, -0.05) is 20.3 Å². The normalized spacial score (nSPS) is 52.0. The maximum absolute atomic E-state index is 13.5. The second-order valence-electron chi connectivity index (χ2n) is 12.2. The predicted molar refractivity (Wildman–Crippen MR) is 116 cm³/mol. The Kier molecular flexibility index (Phi) is 5.08. The van der Waals surface area contributed by atoms with Crippen LogP contribution in [0.4, 0.5) is 0 Å². The molecule has 0 aromatic heterocycles. The summed E-state index contributed by atoms with van der Waals surface area (Å²) in [7, 11) is 0. The van der Waals surface area contributed by atoms with Gasteiger partial charge in [0.15, 0.2) is 0 Å². The van der Waals surface area contributed by atoms with Crippen LogP contribution in [-0.2, 0) is 4.79 Å². The van der Waals surface area contributed by atoms with Crippen LogP contribution < -0.4 is 0 Å². The summed E-state index contributed by atoms with van der Waals surface area (Å²) in [4.78, 5) is 15.8. The molecule has 1 aliphatic heterocycles. The lowest BCUT2D eigenvalue weighted by Crippen LogP contribution is -2.52. The molecule has 1 amide bonds. The summed E-state index contributed by atoms with van der Waals surface area (Å²) in [6.45, 7) is 8.84. The second kappa shape index (κ2) is 7.24. The molecule has 0 aromatic rings. The molecule has 164 valence electrons. The van der Waals surface area contributed by atoms with E-state index in [1.54, 1.807) is 0 Å². The number of aliphatic hydroxyl groups is 1. The van der Waals surface area contributed by atoms with E-state index in [4.69, 9.17) is 0 Å². The monoisotopic (exact) mass is 401 g/mol. The molecule has 5 aliphatic rings. The minimum atomic E-state index is -0.422. The lowest BCUT2D eigenvalue weighted by atomic mass is 9.49. The van der Waals surface area contributed by atoms with Crippen molar-refractivity contribution in [2.75, 3.05) is 13.1 Å². The summed E-state index contributed by atoms with van der Waals surface area (Å²) < 4.78 is 0. The summed E-state index contributed by atoms with van der Waals surface area (Å²) in [6, 6.07) is 0. The first-order valence-electron chi connectivity index (χ1n) is 12.8. The Balaban J connectivity index is 1.30. The first-order chi connectivity index (χ1) is 13.8. The highest BCUT2D eigenvalue weighted by molar-refractivity contribution is 5.80. The molecule has 0 bridgehead atoms. The molecular formula is C26H43NO2. The third-order valence-corrected chi connectivity index (χ3v) is 10.7. The molecule has 4 aliphatic carbocycles. The average Bonchev–Trinajstić information content (AvgIpc) is 3.30. The highest BCUT2D eigenvalue weighted by atomic mass is 16.3. The number of likely N-dealkylation sites (tertiary alicyclic amines) is 1. The van der Waals surface area contributed by atoms with Gasteiger partial charge >= 0.3 is 0 Å². The highest BCUT2D eigenvalue weighted by Crippen LogP contribution is 2.64. The quantitative estimate of drug-likeness (QED) is 0.685. The smallest absolute Gasteiger partial charge is 0.226 e. The van der Waals surface area contributed by atoms with Crippen LogP contribution >= 0.6 is 0 Å². The largest absolute Gasteiger partial charge is 0.390 e. The minimum Gasteiger partial charge on any atom is -0.390 e. The molecule has 0 unspecified atom stereocenters. The number of fused-ring (bicyclic) bond motifs is 5. The van der Waals surface area contributed by atoms with Gasteiger partial charge in [0.1, 0.15) is 0 Å². The number of nitrogens with zero attached hydrogens (tertiary/aromatic N) is 1. The highest BCUT2D eigenvalue weighted by Gasteiger charge is 2.59. The predicted octanol–water partition coefficient (Wildman–Crippen LogP) is 5.26. The number of carbonyl (C=O) groups excluding carboxylic acids is 1. The van der Waals surface area contributed by atoms with E-state index in [1.807, 2.05) is 0 Å². The Morgan fingerprint density at radius 2 is 1.76 bits per heavy atom. The van der Waals surface area contributed by atoms with E-state index < -0.39 is 5.60 Å². The van der Waals surface area contributed by atoms with Crippen LogP contribution in [0.1, 0.15) is 91.4 Å². The molecule has 5 rings (SSSR count). The number of carbonyl (C=O) groups is 1. The Morgan fingerprint density at radius 1 is 0.966 bits per heavy atom. The van der Waals surface area contributed by atoms with Crippen LogP contribution in [0.3, 0.4) is 0 Å². The average molecular weight is 402 g/mol. The maximum Gasteiger partial charge on any atom is 0.226 e. The van der Waals surface area contributed by atoms with Crippen molar-refractivity contribution in [1.82, 2.24) is 4.90 Å². The zero-order chi connectivity index (χ0) is 20.4. The van der Waals surface area contributed by atoms with Crippen molar-refractivity contribution in [2.24, 2.45) is 46.8 Å². The molecule has 3 nitrogen and oxygen atoms in total. The van der Waals surface area contributed by atoms with Crippen LogP contribution in [0.5, 0.6) is 0 Å². The van der Waals surface area contributed by atoms with E-state index in [9.17, 15) is 9.90 Å². The van der Waals surface area contributed by atoms with Crippen LogP contribution in [0, 0.1) is 46.8 Å². The maximum atomic E-state index is 13.5. The fourth-order valence-corrected chi connectivity index (χ4v) is 9.07. The number of amides is 1. The summed E-state index contributed by atoms with van der Waals surface area (Å²) in [5, 5.41) is 10.6. The molecule has 1 heterocycles. The van der Waals surface area contributed by atoms with Crippen molar-refractivity contribution >= 4 is 5.91 Å². The van der Waals surface area contributed by atoms with Crippen molar-refractivity contribution in [3.63, 3.8) is 0 Å². The minimum absolute atomic E-state index is 0.246. The zero-order valence-electron chi connectivity index (χ0n) is 19.0. The van der Waals surface area contributed by atoms with Crippen molar-refractivity contribution < 1.29 is 9.90 Å². The Morgan fingerprint density at radius 3 is 2.52 bits per heavy atom. The molecule has 5 fully saturated rings. The second-order valence-corrected chi connectivity index (χ2v) is 12.2. The molecule has 0 radical (unpaired) electrons. The van der Waals surface area contributed by atoms with E-state index in [-0.39, 0.29) is 11.3 Å². The van der Waals surface area contributed by atoms with Gasteiger partial charge in [0, 0.05) is 19.0 Å². The lowest BCUT2D eigenvalue weighted by Gasteiger charge is -2.57. The standard InChI is InChI=1S/C26H43NO2/c1-4-17-11-14-27(16-17)24(28)23-8-7-22-21-6-5-18-15-25(2,29)12-9-19(18)20(21)10-13-26(22,23)3/h17-23,29H,4-16H2,1-3H3/t17-,18-,19+,20-,21-,22+,23-,25-,26+/m1/s1. The van der Waals surface area contributed by atoms with Gasteiger partial charge in [-0.15, -0.1) is 0 Å². The van der Waals surface area contributed by atoms with Gasteiger partial charge in [0.25, 0.3) is 0 Å². The molecule has 0 spiro atoms. The van der Waals surface area contributed by atoms with Crippen molar-refractivity contribution in [3.8, 4) is 0 Å². The fourth-order valence-electron chi connectivity index (χ4n) is 9.07. The molecule has 4 saturated carbocycles. The van der Waals surface area contributed by atoms with E-state index in [1.165, 1.54) is 51.4 Å². The Hall–Kier alpha value is -0.570. The van der Waals surface area contributed by atoms with Crippen LogP contribution in [0.15, 0.2) is 0 Å². The van der Waals surface area contributed by atoms with E-state index in [2.05, 4.69) is 25.7 Å². The number of hydrogen-bond donors (Lipinski definition) is 1. The Labute approximate surface area is 178 Å². The topological polar surface area (TPSA) is 40.5 Å². The van der Waals surface area contributed by atoms with Gasteiger partial charge in [0.2, 0.25) is 5.91 Å². The fraction of sp³-hybridized carbons (Fsp3) is 0.962. The van der Waals surface area contributed by atoms with Crippen LogP contribution in [0.25, 0.3) is 0 Å². The van der Waals surface area contributed by atoms with E-state index >= 15 is 0 Å². The molecule has 29 heavy (non-hydrogen) atoms. The van der Waals surface area contributed by atoms with Gasteiger partial charge in [-0.3, -0.25) is 4.79 Å². The lowest BCUT2D eigenvalue weighted by molar-refractivity contribution is -0.143. The van der Waals surface area contributed by atoms with Gasteiger partial charge in [-0.05, 0) is 112 Å². The van der Waals surface area contributed by atoms with E-state index in [0.29, 0.717) is 5.91 Å². The Bertz CT molecular complexity index is 645. The van der Waals surface area contributed by atoms with Crippen LogP contribution in [0.2, 0.25) is 0 Å². The molecule has 9 atom stereocenters. The van der Waals surface area contributed by atoms with Crippen LogP contribution in [-0.4, -0.2) is 34.6 Å². The first kappa shape index (κ1) is 20.3. The van der Waals surface area contributed by atoms with Gasteiger partial charge in [-0.2, -0.15) is 0 Å². The van der Waals surface area contributed by atoms with Crippen molar-refractivity contribution in [3.05, 3.63) is 0 Å². The molecule has 1 saturated heterocycles. The molecule has 1 N–H and O–H groups in total. The van der Waals surface area contributed by atoms with Crippen molar-refractivity contribution in [1.29, 1.82) is 0 Å². The number of rotatable bonds is 2. The van der Waals surface area contributed by atoms with E-state index in [0.717, 1.165) is 67.9 Å². The molecular weight excluding hydrogens is 358 g/mol. The summed E-state index contributed by atoms with van der Waals surface area (Å²) in [5.74, 6) is 5.60. The van der Waals surface area contributed by atoms with Crippen molar-refractivity contribution in [2.45, 2.75) is 97.0 Å². The number of hydrogen-bond acceptors (Lipinski definition) is 2. The SMILES string of the molecule is CC[C@@H]1CCN(C(=O)[C@H]2CC[C@H]3[C@@H]4CC[C@@H]5C[C@](C)(O)CC[C@@H]5[C@H]4CC[C@]23C)C1. The first-order valence-corrected chi connectivity index (χ1v) is 12.8. The van der Waals surface area contributed by atoms with Gasteiger partial charge in [-0.25, -0.2) is 0 Å². The van der Waals surface area contributed by atoms with Gasteiger partial charge in [0.05, 0.1) is 5.60 Å². The third kappa shape index (κ3) is 3.29. The van der Waals surface area contributed by atoms with Gasteiger partial charge < -0.3 is 10.0 Å². The summed E-state index contributed by atoms with van der Waals surface area (Å²) >= 11 is 0. The summed E-state index contributed by atoms with van der Waals surface area (Å²) in [6.07, 6.45) is 13.4. The third-order valence-electron chi connectivity index (χ3n) is 10.7. The summed E-state index contributed by atoms with van der Waals surface area (Å²) in [5.41, 5.74) is -0.177. The zero-order valence-corrected chi connectivity index (χ0v) is 19.0. The molecule has 3 heteroatoms. The molecule has 0 aromatic carbocycles.